The molecule has 38 heavy (non-hydrogen) atoms. The minimum Gasteiger partial charge on any atom is -0.453 e. The molecule has 0 saturated carbocycles. The molecule has 2 fully saturated rings. The summed E-state index contributed by atoms with van der Waals surface area (Å²) in [6.07, 6.45) is 1.48. The number of anilines is 2. The van der Waals surface area contributed by atoms with E-state index in [2.05, 4.69) is 15.5 Å². The van der Waals surface area contributed by atoms with Crippen LogP contribution < -0.4 is 10.6 Å². The third-order valence-electron chi connectivity index (χ3n) is 9.03. The number of benzene rings is 3. The SMILES string of the molecule is O=C(c1cc2ccccc2o1)[C@H]1[C@H]2CCCN2[C@]2(C(=O)Nc3c(Cl)cccc32)[C@]12C(=O)Nc1ccccc12. The van der Waals surface area contributed by atoms with Crippen molar-refractivity contribution < 1.29 is 18.8 Å². The van der Waals surface area contributed by atoms with E-state index in [4.69, 9.17) is 16.0 Å². The molecule has 2 saturated heterocycles. The van der Waals surface area contributed by atoms with Gasteiger partial charge in [0.15, 0.2) is 5.76 Å². The summed E-state index contributed by atoms with van der Waals surface area (Å²) in [5.74, 6) is -1.62. The molecule has 1 aromatic heterocycles. The molecular formula is C30H22ClN3O4. The lowest BCUT2D eigenvalue weighted by Gasteiger charge is -2.43. The summed E-state index contributed by atoms with van der Waals surface area (Å²) >= 11 is 6.60. The van der Waals surface area contributed by atoms with Gasteiger partial charge in [0.1, 0.15) is 16.5 Å². The summed E-state index contributed by atoms with van der Waals surface area (Å²) in [4.78, 5) is 45.6. The molecule has 188 valence electrons. The molecule has 7 nitrogen and oxygen atoms in total. The van der Waals surface area contributed by atoms with Gasteiger partial charge in [0, 0.05) is 22.7 Å². The number of halogens is 1. The second kappa shape index (κ2) is 7.34. The fourth-order valence-corrected chi connectivity index (χ4v) is 8.05. The van der Waals surface area contributed by atoms with Gasteiger partial charge < -0.3 is 15.1 Å². The van der Waals surface area contributed by atoms with Gasteiger partial charge in [-0.1, -0.05) is 60.1 Å². The van der Waals surface area contributed by atoms with Crippen LogP contribution in [0.5, 0.6) is 0 Å². The Morgan fingerprint density at radius 3 is 2.61 bits per heavy atom. The maximum Gasteiger partial charge on any atom is 0.251 e. The molecule has 4 aliphatic rings. The highest BCUT2D eigenvalue weighted by atomic mass is 35.5. The fraction of sp³-hybridized carbons (Fsp3) is 0.233. The van der Waals surface area contributed by atoms with E-state index >= 15 is 0 Å². The van der Waals surface area contributed by atoms with E-state index in [1.807, 2.05) is 54.6 Å². The van der Waals surface area contributed by atoms with Gasteiger partial charge in [-0.25, -0.2) is 0 Å². The minimum atomic E-state index is -1.52. The van der Waals surface area contributed by atoms with Gasteiger partial charge >= 0.3 is 0 Å². The zero-order valence-electron chi connectivity index (χ0n) is 20.2. The Kier molecular flexibility index (Phi) is 4.26. The Bertz CT molecular complexity index is 1700. The number of carbonyl (C=O) groups excluding carboxylic acids is 3. The number of amides is 2. The quantitative estimate of drug-likeness (QED) is 0.357. The molecule has 0 aliphatic carbocycles. The number of ketones is 1. The molecule has 2 amide bonds. The monoisotopic (exact) mass is 523 g/mol. The molecule has 3 aromatic carbocycles. The van der Waals surface area contributed by atoms with Gasteiger partial charge in [-0.15, -0.1) is 0 Å². The minimum absolute atomic E-state index is 0.196. The lowest BCUT2D eigenvalue weighted by Crippen LogP contribution is -2.62. The number of hydrogen-bond donors (Lipinski definition) is 2. The number of furan rings is 1. The van der Waals surface area contributed by atoms with Gasteiger partial charge in [-0.05, 0) is 49.2 Å². The Morgan fingerprint density at radius 2 is 1.74 bits per heavy atom. The number of carbonyl (C=O) groups is 3. The van der Waals surface area contributed by atoms with Gasteiger partial charge in [-0.2, -0.15) is 0 Å². The molecule has 8 heteroatoms. The first-order chi connectivity index (χ1) is 18.5. The molecule has 4 atom stereocenters. The molecule has 5 heterocycles. The average molecular weight is 524 g/mol. The van der Waals surface area contributed by atoms with Crippen LogP contribution in [0.2, 0.25) is 5.02 Å². The lowest BCUT2D eigenvalue weighted by atomic mass is 9.57. The van der Waals surface area contributed by atoms with E-state index in [1.54, 1.807) is 18.2 Å². The highest BCUT2D eigenvalue weighted by Crippen LogP contribution is 2.68. The van der Waals surface area contributed by atoms with E-state index in [0.717, 1.165) is 11.8 Å². The van der Waals surface area contributed by atoms with Crippen molar-refractivity contribution in [2.75, 3.05) is 17.2 Å². The topological polar surface area (TPSA) is 91.7 Å². The highest BCUT2D eigenvalue weighted by Gasteiger charge is 2.81. The predicted molar refractivity (Wildman–Crippen MR) is 142 cm³/mol. The molecule has 2 N–H and O–H groups in total. The number of fused-ring (bicyclic) bond motifs is 8. The van der Waals surface area contributed by atoms with Crippen LogP contribution in [0.4, 0.5) is 11.4 Å². The van der Waals surface area contributed by atoms with Crippen molar-refractivity contribution in [3.05, 3.63) is 94.7 Å². The summed E-state index contributed by atoms with van der Waals surface area (Å²) in [6, 6.07) is 21.6. The largest absolute Gasteiger partial charge is 0.453 e. The van der Waals surface area contributed by atoms with Crippen LogP contribution in [0.1, 0.15) is 34.5 Å². The first-order valence-electron chi connectivity index (χ1n) is 12.8. The maximum atomic E-state index is 14.6. The van der Waals surface area contributed by atoms with Crippen LogP contribution in [0.3, 0.4) is 0 Å². The highest BCUT2D eigenvalue weighted by molar-refractivity contribution is 6.35. The number of nitrogens with one attached hydrogen (secondary N) is 2. The second-order valence-corrected chi connectivity index (χ2v) is 10.9. The van der Waals surface area contributed by atoms with Crippen LogP contribution >= 0.6 is 11.6 Å². The van der Waals surface area contributed by atoms with Crippen molar-refractivity contribution in [2.45, 2.75) is 29.8 Å². The fourth-order valence-electron chi connectivity index (χ4n) is 7.83. The van der Waals surface area contributed by atoms with E-state index < -0.39 is 16.9 Å². The van der Waals surface area contributed by atoms with Crippen molar-refractivity contribution in [3.63, 3.8) is 0 Å². The summed E-state index contributed by atoms with van der Waals surface area (Å²) < 4.78 is 6.06. The van der Waals surface area contributed by atoms with Crippen molar-refractivity contribution in [3.8, 4) is 0 Å². The molecule has 4 aliphatic heterocycles. The summed E-state index contributed by atoms with van der Waals surface area (Å²) in [5, 5.41) is 7.26. The van der Waals surface area contributed by atoms with Gasteiger partial charge in [0.25, 0.3) is 5.91 Å². The third kappa shape index (κ3) is 2.34. The van der Waals surface area contributed by atoms with Crippen LogP contribution in [-0.4, -0.2) is 35.1 Å². The molecule has 0 unspecified atom stereocenters. The third-order valence-corrected chi connectivity index (χ3v) is 9.35. The zero-order valence-corrected chi connectivity index (χ0v) is 20.9. The number of Topliss-reactive ketones (excluding diaryl/α,β-unsaturated/α-hetero) is 1. The van der Waals surface area contributed by atoms with Crippen LogP contribution in [0.15, 0.2) is 77.2 Å². The molecular weight excluding hydrogens is 502 g/mol. The normalized spacial score (nSPS) is 29.1. The van der Waals surface area contributed by atoms with E-state index in [-0.39, 0.29) is 29.4 Å². The Morgan fingerprint density at radius 1 is 0.947 bits per heavy atom. The van der Waals surface area contributed by atoms with Crippen molar-refractivity contribution in [1.82, 2.24) is 4.90 Å². The molecule has 0 radical (unpaired) electrons. The second-order valence-electron chi connectivity index (χ2n) is 10.5. The Hall–Kier alpha value is -3.94. The Balaban J connectivity index is 1.47. The maximum absolute atomic E-state index is 14.6. The standard InChI is InChI=1S/C30H22ClN3O4/c31-19-10-5-9-18-25(19)33-28(37)30(18)29(17-8-2-3-11-20(17)32-27(29)36)24(21-12-6-14-34(21)30)26(35)23-15-16-7-1-4-13-22(16)38-23/h1-5,7-11,13,15,21,24H,6,12,14H2,(H,32,36)(H,33,37)/t21-,24-,29+,30-/m1/s1. The van der Waals surface area contributed by atoms with Crippen molar-refractivity contribution >= 4 is 51.5 Å². The van der Waals surface area contributed by atoms with Crippen molar-refractivity contribution in [1.29, 1.82) is 0 Å². The Labute approximate surface area is 222 Å². The number of hydrogen-bond acceptors (Lipinski definition) is 5. The van der Waals surface area contributed by atoms with Gasteiger partial charge in [0.2, 0.25) is 11.7 Å². The summed E-state index contributed by atoms with van der Waals surface area (Å²) in [7, 11) is 0. The molecule has 2 spiro atoms. The van der Waals surface area contributed by atoms with Gasteiger partial charge in [0.05, 0.1) is 16.6 Å². The summed E-state index contributed by atoms with van der Waals surface area (Å²) in [5.41, 5.74) is 0.0303. The van der Waals surface area contributed by atoms with Crippen LogP contribution in [0.25, 0.3) is 11.0 Å². The number of rotatable bonds is 2. The smallest absolute Gasteiger partial charge is 0.251 e. The molecule has 0 bridgehead atoms. The summed E-state index contributed by atoms with van der Waals surface area (Å²) in [6.45, 7) is 0.575. The van der Waals surface area contributed by atoms with E-state index in [0.29, 0.717) is 46.1 Å². The van der Waals surface area contributed by atoms with E-state index in [9.17, 15) is 14.4 Å². The average Bonchev–Trinajstić information content (AvgIpc) is 3.71. The number of nitrogens with zero attached hydrogens (tertiary/aromatic N) is 1. The van der Waals surface area contributed by atoms with Crippen LogP contribution in [-0.2, 0) is 20.5 Å². The molecule has 4 aromatic rings. The van der Waals surface area contributed by atoms with Crippen LogP contribution in [0, 0.1) is 5.92 Å². The predicted octanol–water partition coefficient (Wildman–Crippen LogP) is 5.10. The van der Waals surface area contributed by atoms with E-state index in [1.165, 1.54) is 0 Å². The van der Waals surface area contributed by atoms with Crippen molar-refractivity contribution in [2.24, 2.45) is 5.92 Å². The van der Waals surface area contributed by atoms with Gasteiger partial charge in [-0.3, -0.25) is 19.3 Å². The zero-order chi connectivity index (χ0) is 25.8. The number of para-hydroxylation sites is 3. The first-order valence-corrected chi connectivity index (χ1v) is 13.2. The lowest BCUT2D eigenvalue weighted by molar-refractivity contribution is -0.137. The molecule has 8 rings (SSSR count). The first kappa shape index (κ1) is 22.1.